The van der Waals surface area contributed by atoms with E-state index in [-0.39, 0.29) is 0 Å². The Morgan fingerprint density at radius 3 is 2.25 bits per heavy atom. The molecule has 3 heteroatoms. The first-order valence-electron chi connectivity index (χ1n) is 7.84. The van der Waals surface area contributed by atoms with Crippen molar-refractivity contribution in [2.24, 2.45) is 5.92 Å². The number of hydrogen-bond acceptors (Lipinski definition) is 3. The minimum Gasteiger partial charge on any atom is -0.399 e. The van der Waals surface area contributed by atoms with E-state index in [0.717, 1.165) is 45.0 Å². The van der Waals surface area contributed by atoms with Gasteiger partial charge in [0, 0.05) is 31.9 Å². The predicted octanol–water partition coefficient (Wildman–Crippen LogP) is 3.07. The minimum atomic E-state index is 0.688. The topological polar surface area (TPSA) is 32.5 Å². The van der Waals surface area contributed by atoms with Crippen LogP contribution in [0.15, 0.2) is 24.3 Å². The molecule has 0 saturated heterocycles. The maximum absolute atomic E-state index is 5.87. The Hall–Kier alpha value is -1.06. The largest absolute Gasteiger partial charge is 0.399 e. The number of anilines is 1. The summed E-state index contributed by atoms with van der Waals surface area (Å²) in [5.74, 6) is 0.688. The van der Waals surface area contributed by atoms with Crippen LogP contribution in [-0.4, -0.2) is 42.5 Å². The van der Waals surface area contributed by atoms with Gasteiger partial charge in [-0.3, -0.25) is 4.90 Å². The van der Waals surface area contributed by atoms with Gasteiger partial charge in [-0.05, 0) is 36.7 Å². The van der Waals surface area contributed by atoms with E-state index < -0.39 is 0 Å². The zero-order chi connectivity index (χ0) is 15.0. The summed E-state index contributed by atoms with van der Waals surface area (Å²) in [4.78, 5) is 5.02. The molecule has 0 fully saturated rings. The summed E-state index contributed by atoms with van der Waals surface area (Å²) in [6, 6.07) is 8.25. The van der Waals surface area contributed by atoms with Gasteiger partial charge in [-0.15, -0.1) is 0 Å². The molecule has 1 aromatic rings. The number of benzene rings is 1. The van der Waals surface area contributed by atoms with Crippen LogP contribution in [0.1, 0.15) is 33.3 Å². The van der Waals surface area contributed by atoms with Crippen LogP contribution in [-0.2, 0) is 6.54 Å². The number of rotatable bonds is 9. The zero-order valence-electron chi connectivity index (χ0n) is 13.6. The summed E-state index contributed by atoms with van der Waals surface area (Å²) in [6.45, 7) is 15.7. The molecule has 114 valence electrons. The third-order valence-corrected chi connectivity index (χ3v) is 3.61. The van der Waals surface area contributed by atoms with Gasteiger partial charge in [0.15, 0.2) is 0 Å². The van der Waals surface area contributed by atoms with E-state index in [1.807, 2.05) is 12.1 Å². The van der Waals surface area contributed by atoms with Crippen LogP contribution in [0.3, 0.4) is 0 Å². The highest BCUT2D eigenvalue weighted by atomic mass is 15.2. The van der Waals surface area contributed by atoms with Gasteiger partial charge in [0.2, 0.25) is 0 Å². The van der Waals surface area contributed by atoms with E-state index in [1.54, 1.807) is 0 Å². The van der Waals surface area contributed by atoms with Gasteiger partial charge in [-0.25, -0.2) is 0 Å². The number of nitrogen functional groups attached to an aromatic ring is 1. The fourth-order valence-corrected chi connectivity index (χ4v) is 2.52. The Bertz CT molecular complexity index is 372. The van der Waals surface area contributed by atoms with Crippen molar-refractivity contribution in [3.05, 3.63) is 29.8 Å². The molecule has 0 unspecified atom stereocenters. The van der Waals surface area contributed by atoms with E-state index in [9.17, 15) is 0 Å². The van der Waals surface area contributed by atoms with Gasteiger partial charge in [0.1, 0.15) is 0 Å². The number of nitrogens with zero attached hydrogens (tertiary/aromatic N) is 2. The summed E-state index contributed by atoms with van der Waals surface area (Å²) < 4.78 is 0. The van der Waals surface area contributed by atoms with Crippen LogP contribution in [0.25, 0.3) is 0 Å². The van der Waals surface area contributed by atoms with Crippen LogP contribution in [0.4, 0.5) is 5.69 Å². The van der Waals surface area contributed by atoms with Gasteiger partial charge in [0.05, 0.1) is 0 Å². The molecule has 0 radical (unpaired) electrons. The third-order valence-electron chi connectivity index (χ3n) is 3.61. The zero-order valence-corrected chi connectivity index (χ0v) is 13.6. The van der Waals surface area contributed by atoms with E-state index in [1.165, 1.54) is 5.56 Å². The molecule has 0 aliphatic carbocycles. The second-order valence-corrected chi connectivity index (χ2v) is 5.90. The summed E-state index contributed by atoms with van der Waals surface area (Å²) in [6.07, 6.45) is 0. The average Bonchev–Trinajstić information content (AvgIpc) is 2.39. The van der Waals surface area contributed by atoms with Crippen molar-refractivity contribution in [2.45, 2.75) is 34.2 Å². The second-order valence-electron chi connectivity index (χ2n) is 5.90. The average molecular weight is 277 g/mol. The van der Waals surface area contributed by atoms with Gasteiger partial charge in [0.25, 0.3) is 0 Å². The van der Waals surface area contributed by atoms with Gasteiger partial charge in [-0.2, -0.15) is 0 Å². The quantitative estimate of drug-likeness (QED) is 0.704. The maximum atomic E-state index is 5.87. The number of likely N-dealkylation sites (N-methyl/N-ethyl adjacent to an activating group) is 1. The number of hydrogen-bond donors (Lipinski definition) is 1. The van der Waals surface area contributed by atoms with E-state index in [0.29, 0.717) is 5.92 Å². The number of nitrogens with two attached hydrogens (primary N) is 1. The van der Waals surface area contributed by atoms with Crippen molar-refractivity contribution < 1.29 is 0 Å². The summed E-state index contributed by atoms with van der Waals surface area (Å²) in [5, 5.41) is 0. The SMILES string of the molecule is CCN(CC)CCN(Cc1cccc(N)c1)CC(C)C. The van der Waals surface area contributed by atoms with Crippen molar-refractivity contribution in [3.8, 4) is 0 Å². The standard InChI is InChI=1S/C17H31N3/c1-5-19(6-2)10-11-20(13-15(3)4)14-16-8-7-9-17(18)12-16/h7-9,12,15H,5-6,10-11,13-14,18H2,1-4H3. The molecule has 3 nitrogen and oxygen atoms in total. The molecule has 0 aliphatic heterocycles. The molecule has 1 aromatic carbocycles. The predicted molar refractivity (Wildman–Crippen MR) is 88.8 cm³/mol. The smallest absolute Gasteiger partial charge is 0.0317 e. The Morgan fingerprint density at radius 2 is 1.70 bits per heavy atom. The fourth-order valence-electron chi connectivity index (χ4n) is 2.52. The van der Waals surface area contributed by atoms with E-state index in [2.05, 4.69) is 49.6 Å². The van der Waals surface area contributed by atoms with Crippen molar-refractivity contribution in [1.29, 1.82) is 0 Å². The second kappa shape index (κ2) is 8.98. The van der Waals surface area contributed by atoms with Crippen LogP contribution in [0.5, 0.6) is 0 Å². The Morgan fingerprint density at radius 1 is 1.05 bits per heavy atom. The highest BCUT2D eigenvalue weighted by molar-refractivity contribution is 5.40. The molecule has 1 rings (SSSR count). The minimum absolute atomic E-state index is 0.688. The molecular weight excluding hydrogens is 246 g/mol. The lowest BCUT2D eigenvalue weighted by Gasteiger charge is -2.27. The molecule has 2 N–H and O–H groups in total. The van der Waals surface area contributed by atoms with Gasteiger partial charge < -0.3 is 10.6 Å². The Kier molecular flexibility index (Phi) is 7.63. The van der Waals surface area contributed by atoms with Crippen molar-refractivity contribution in [1.82, 2.24) is 9.80 Å². The van der Waals surface area contributed by atoms with Gasteiger partial charge >= 0.3 is 0 Å². The van der Waals surface area contributed by atoms with Crippen molar-refractivity contribution in [2.75, 3.05) is 38.5 Å². The van der Waals surface area contributed by atoms with Crippen LogP contribution in [0, 0.1) is 5.92 Å². The first kappa shape index (κ1) is 17.0. The van der Waals surface area contributed by atoms with E-state index >= 15 is 0 Å². The molecule has 0 saturated carbocycles. The summed E-state index contributed by atoms with van der Waals surface area (Å²) in [7, 11) is 0. The lowest BCUT2D eigenvalue weighted by molar-refractivity contribution is 0.192. The molecule has 0 bridgehead atoms. The van der Waals surface area contributed by atoms with E-state index in [4.69, 9.17) is 5.73 Å². The summed E-state index contributed by atoms with van der Waals surface area (Å²) in [5.41, 5.74) is 8.04. The normalized spacial score (nSPS) is 11.8. The molecular formula is C17H31N3. The third kappa shape index (κ3) is 6.40. The van der Waals surface area contributed by atoms with Crippen LogP contribution < -0.4 is 5.73 Å². The summed E-state index contributed by atoms with van der Waals surface area (Å²) >= 11 is 0. The van der Waals surface area contributed by atoms with Crippen LogP contribution >= 0.6 is 0 Å². The first-order valence-corrected chi connectivity index (χ1v) is 7.84. The molecule has 0 spiro atoms. The Balaban J connectivity index is 2.59. The van der Waals surface area contributed by atoms with Crippen LogP contribution in [0.2, 0.25) is 0 Å². The first-order chi connectivity index (χ1) is 9.55. The van der Waals surface area contributed by atoms with Gasteiger partial charge in [-0.1, -0.05) is 39.8 Å². The fraction of sp³-hybridized carbons (Fsp3) is 0.647. The maximum Gasteiger partial charge on any atom is 0.0317 e. The molecule has 0 aliphatic rings. The highest BCUT2D eigenvalue weighted by Crippen LogP contribution is 2.11. The molecule has 0 aromatic heterocycles. The lowest BCUT2D eigenvalue weighted by atomic mass is 10.1. The monoisotopic (exact) mass is 277 g/mol. The highest BCUT2D eigenvalue weighted by Gasteiger charge is 2.10. The molecule has 20 heavy (non-hydrogen) atoms. The molecule has 0 heterocycles. The van der Waals surface area contributed by atoms with Crippen molar-refractivity contribution in [3.63, 3.8) is 0 Å². The lowest BCUT2D eigenvalue weighted by Crippen LogP contribution is -2.36. The Labute approximate surface area is 124 Å². The molecule has 0 atom stereocenters. The van der Waals surface area contributed by atoms with Crippen molar-refractivity contribution >= 4 is 5.69 Å². The molecule has 0 amide bonds.